The monoisotopic (exact) mass is 336 g/mol. The number of hydrogen-bond donors (Lipinski definition) is 1. The highest BCUT2D eigenvalue weighted by molar-refractivity contribution is 5.98. The second-order valence-corrected chi connectivity index (χ2v) is 5.85. The molecule has 1 atom stereocenters. The summed E-state index contributed by atoms with van der Waals surface area (Å²) in [7, 11) is 3.12. The van der Waals surface area contributed by atoms with E-state index in [-0.39, 0.29) is 31.4 Å². The number of nitrogens with zero attached hydrogens (tertiary/aromatic N) is 2. The number of carbonyl (C=O) groups excluding carboxylic acids is 2. The third kappa shape index (κ3) is 4.24. The summed E-state index contributed by atoms with van der Waals surface area (Å²) in [6.45, 7) is 2.88. The summed E-state index contributed by atoms with van der Waals surface area (Å²) in [4.78, 5) is 28.0. The maximum absolute atomic E-state index is 12.8. The molecule has 1 aromatic carbocycles. The van der Waals surface area contributed by atoms with Crippen molar-refractivity contribution < 1.29 is 24.2 Å². The average Bonchev–Trinajstić information content (AvgIpc) is 2.70. The molecule has 1 aromatic rings. The minimum atomic E-state index is -0.782. The minimum absolute atomic E-state index is 0.0505. The summed E-state index contributed by atoms with van der Waals surface area (Å²) in [5.74, 6) is 0.209. The molecule has 0 radical (unpaired) electrons. The minimum Gasteiger partial charge on any atom is -0.497 e. The maximum atomic E-state index is 12.8. The number of benzene rings is 1. The Labute approximate surface area is 141 Å². The molecule has 24 heavy (non-hydrogen) atoms. The molecule has 0 aromatic heterocycles. The van der Waals surface area contributed by atoms with Crippen molar-refractivity contribution >= 4 is 11.8 Å². The molecule has 0 saturated carbocycles. The van der Waals surface area contributed by atoms with Crippen molar-refractivity contribution in [3.05, 3.63) is 29.3 Å². The molecule has 1 unspecified atom stereocenters. The predicted molar refractivity (Wildman–Crippen MR) is 88.1 cm³/mol. The van der Waals surface area contributed by atoms with Gasteiger partial charge in [0.2, 0.25) is 5.91 Å². The summed E-state index contributed by atoms with van der Waals surface area (Å²) < 4.78 is 10.1. The molecule has 2 rings (SSSR count). The van der Waals surface area contributed by atoms with E-state index >= 15 is 0 Å². The Morgan fingerprint density at radius 1 is 1.33 bits per heavy atom. The molecular formula is C17H24N2O5. The van der Waals surface area contributed by atoms with Crippen molar-refractivity contribution in [1.29, 1.82) is 0 Å². The highest BCUT2D eigenvalue weighted by atomic mass is 16.5. The zero-order chi connectivity index (χ0) is 17.7. The van der Waals surface area contributed by atoms with Crippen molar-refractivity contribution in [2.75, 3.05) is 47.0 Å². The molecule has 1 N–H and O–H groups in total. The van der Waals surface area contributed by atoms with Crippen LogP contribution in [-0.4, -0.2) is 79.8 Å². The molecule has 1 saturated heterocycles. The smallest absolute Gasteiger partial charge is 0.254 e. The first-order chi connectivity index (χ1) is 11.5. The number of aryl methyl sites for hydroxylation is 1. The molecule has 7 nitrogen and oxygen atoms in total. The van der Waals surface area contributed by atoms with E-state index in [4.69, 9.17) is 9.47 Å². The van der Waals surface area contributed by atoms with Crippen molar-refractivity contribution in [3.8, 4) is 5.75 Å². The fraction of sp³-hybridized carbons (Fsp3) is 0.529. The van der Waals surface area contributed by atoms with Crippen LogP contribution in [0, 0.1) is 6.92 Å². The molecule has 1 fully saturated rings. The number of ether oxygens (including phenoxy) is 2. The van der Waals surface area contributed by atoms with E-state index in [1.807, 2.05) is 6.92 Å². The van der Waals surface area contributed by atoms with Crippen LogP contribution in [-0.2, 0) is 9.53 Å². The van der Waals surface area contributed by atoms with E-state index in [1.54, 1.807) is 32.4 Å². The second kappa shape index (κ2) is 8.12. The molecule has 132 valence electrons. The fourth-order valence-electron chi connectivity index (χ4n) is 2.74. The summed E-state index contributed by atoms with van der Waals surface area (Å²) in [6.07, 6.45) is -0.782. The maximum Gasteiger partial charge on any atom is 0.254 e. The summed E-state index contributed by atoms with van der Waals surface area (Å²) in [5, 5.41) is 10.1. The van der Waals surface area contributed by atoms with Crippen LogP contribution in [0.15, 0.2) is 18.2 Å². The van der Waals surface area contributed by atoms with Gasteiger partial charge in [0.1, 0.15) is 12.3 Å². The lowest BCUT2D eigenvalue weighted by Crippen LogP contribution is -2.40. The molecule has 0 bridgehead atoms. The summed E-state index contributed by atoms with van der Waals surface area (Å²) >= 11 is 0. The molecule has 7 heteroatoms. The molecule has 1 aliphatic rings. The van der Waals surface area contributed by atoms with E-state index in [0.29, 0.717) is 24.5 Å². The van der Waals surface area contributed by atoms with Gasteiger partial charge in [-0.1, -0.05) is 0 Å². The van der Waals surface area contributed by atoms with Crippen LogP contribution in [0.2, 0.25) is 0 Å². The van der Waals surface area contributed by atoms with Crippen molar-refractivity contribution in [1.82, 2.24) is 9.80 Å². The van der Waals surface area contributed by atoms with Crippen LogP contribution in [0.4, 0.5) is 0 Å². The lowest BCUT2D eigenvalue weighted by molar-refractivity contribution is -0.131. The van der Waals surface area contributed by atoms with Crippen molar-refractivity contribution in [2.24, 2.45) is 0 Å². The van der Waals surface area contributed by atoms with Gasteiger partial charge in [0, 0.05) is 32.3 Å². The molecule has 0 spiro atoms. The van der Waals surface area contributed by atoms with Crippen molar-refractivity contribution in [3.63, 3.8) is 0 Å². The molecule has 1 aliphatic heterocycles. The van der Waals surface area contributed by atoms with E-state index < -0.39 is 6.10 Å². The normalized spacial score (nSPS) is 18.5. The highest BCUT2D eigenvalue weighted by Crippen LogP contribution is 2.19. The number of aliphatic hydroxyl groups excluding tert-OH is 1. The van der Waals surface area contributed by atoms with E-state index in [9.17, 15) is 14.7 Å². The molecular weight excluding hydrogens is 312 g/mol. The Morgan fingerprint density at radius 3 is 2.71 bits per heavy atom. The van der Waals surface area contributed by atoms with Crippen LogP contribution >= 0.6 is 0 Å². The number of methoxy groups -OCH3 is 2. The Balaban J connectivity index is 2.16. The Morgan fingerprint density at radius 2 is 2.08 bits per heavy atom. The van der Waals surface area contributed by atoms with Crippen LogP contribution in [0.3, 0.4) is 0 Å². The quantitative estimate of drug-likeness (QED) is 0.836. The number of amides is 2. The Bertz CT molecular complexity index is 605. The highest BCUT2D eigenvalue weighted by Gasteiger charge is 2.30. The lowest BCUT2D eigenvalue weighted by atomic mass is 10.1. The van der Waals surface area contributed by atoms with Gasteiger partial charge in [-0.15, -0.1) is 0 Å². The topological polar surface area (TPSA) is 79.3 Å². The summed E-state index contributed by atoms with van der Waals surface area (Å²) in [5.41, 5.74) is 1.27. The Hall–Kier alpha value is -2.12. The van der Waals surface area contributed by atoms with E-state index in [2.05, 4.69) is 0 Å². The van der Waals surface area contributed by atoms with E-state index in [0.717, 1.165) is 5.56 Å². The van der Waals surface area contributed by atoms with Gasteiger partial charge in [-0.25, -0.2) is 0 Å². The van der Waals surface area contributed by atoms with Crippen LogP contribution in [0.5, 0.6) is 5.75 Å². The third-order valence-corrected chi connectivity index (χ3v) is 4.06. The number of aliphatic hydroxyl groups is 1. The van der Waals surface area contributed by atoms with Gasteiger partial charge in [0.15, 0.2) is 0 Å². The van der Waals surface area contributed by atoms with Gasteiger partial charge < -0.3 is 24.4 Å². The van der Waals surface area contributed by atoms with Gasteiger partial charge in [-0.2, -0.15) is 0 Å². The van der Waals surface area contributed by atoms with Gasteiger partial charge in [0.25, 0.3) is 5.91 Å². The lowest BCUT2D eigenvalue weighted by Gasteiger charge is -2.22. The average molecular weight is 336 g/mol. The number of hydrogen-bond acceptors (Lipinski definition) is 5. The first kappa shape index (κ1) is 18.2. The number of carbonyl (C=O) groups is 2. The van der Waals surface area contributed by atoms with Crippen molar-refractivity contribution in [2.45, 2.75) is 13.0 Å². The Kier molecular flexibility index (Phi) is 6.16. The standard InChI is InChI=1S/C17H24N2O5/c1-12-8-14(24-3)4-5-15(12)17(22)19-10-13(20)9-18(6-7-23-2)16(21)11-19/h4-5,8,13,20H,6-7,9-11H2,1-3H3. The zero-order valence-corrected chi connectivity index (χ0v) is 14.3. The first-order valence-corrected chi connectivity index (χ1v) is 7.85. The van der Waals surface area contributed by atoms with Gasteiger partial charge in [0.05, 0.1) is 19.8 Å². The van der Waals surface area contributed by atoms with Gasteiger partial charge in [-0.3, -0.25) is 9.59 Å². The third-order valence-electron chi connectivity index (χ3n) is 4.06. The van der Waals surface area contributed by atoms with E-state index in [1.165, 1.54) is 9.80 Å². The fourth-order valence-corrected chi connectivity index (χ4v) is 2.74. The predicted octanol–water partition coefficient (Wildman–Crippen LogP) is 0.295. The summed E-state index contributed by atoms with van der Waals surface area (Å²) in [6, 6.07) is 5.16. The zero-order valence-electron chi connectivity index (χ0n) is 14.3. The van der Waals surface area contributed by atoms with Gasteiger partial charge >= 0.3 is 0 Å². The van der Waals surface area contributed by atoms with Crippen LogP contribution in [0.1, 0.15) is 15.9 Å². The SMILES string of the molecule is COCCN1CC(O)CN(C(=O)c2ccc(OC)cc2C)CC1=O. The second-order valence-electron chi connectivity index (χ2n) is 5.85. The van der Waals surface area contributed by atoms with Crippen LogP contribution < -0.4 is 4.74 Å². The molecule has 0 aliphatic carbocycles. The number of rotatable bonds is 5. The first-order valence-electron chi connectivity index (χ1n) is 7.85. The van der Waals surface area contributed by atoms with Crippen LogP contribution in [0.25, 0.3) is 0 Å². The molecule has 2 amide bonds. The van der Waals surface area contributed by atoms with Gasteiger partial charge in [-0.05, 0) is 30.7 Å². The molecule has 1 heterocycles. The number of β-amino-alcohol motifs (C(OH)–C–C–N with tert-alkyl or cyclic N) is 1. The largest absolute Gasteiger partial charge is 0.497 e.